The van der Waals surface area contributed by atoms with Crippen LogP contribution in [0.15, 0.2) is 54.7 Å². The molecule has 0 bridgehead atoms. The molecule has 0 radical (unpaired) electrons. The molecule has 0 spiro atoms. The van der Waals surface area contributed by atoms with Crippen LogP contribution in [0.5, 0.6) is 0 Å². The van der Waals surface area contributed by atoms with E-state index in [-0.39, 0.29) is 12.6 Å². The van der Waals surface area contributed by atoms with Crippen LogP contribution in [-0.4, -0.2) is 26.9 Å². The fraction of sp³-hybridized carbons (Fsp3) is 0.235. The van der Waals surface area contributed by atoms with E-state index >= 15 is 0 Å². The molecule has 6 heteroatoms. The van der Waals surface area contributed by atoms with E-state index in [1.807, 2.05) is 36.4 Å². The van der Waals surface area contributed by atoms with E-state index < -0.39 is 0 Å². The highest BCUT2D eigenvalue weighted by atomic mass is 32.1. The highest BCUT2D eigenvalue weighted by Crippen LogP contribution is 2.29. The van der Waals surface area contributed by atoms with Gasteiger partial charge in [-0.2, -0.15) is 0 Å². The highest BCUT2D eigenvalue weighted by molar-refractivity contribution is 7.18. The molecule has 0 aliphatic heterocycles. The van der Waals surface area contributed by atoms with Crippen molar-refractivity contribution in [1.29, 1.82) is 0 Å². The van der Waals surface area contributed by atoms with E-state index in [2.05, 4.69) is 32.6 Å². The molecule has 23 heavy (non-hydrogen) atoms. The van der Waals surface area contributed by atoms with Crippen molar-refractivity contribution >= 4 is 16.5 Å². The zero-order chi connectivity index (χ0) is 15.9. The minimum absolute atomic E-state index is 0.105. The van der Waals surface area contributed by atoms with E-state index in [9.17, 15) is 0 Å². The van der Waals surface area contributed by atoms with Crippen LogP contribution in [-0.2, 0) is 0 Å². The van der Waals surface area contributed by atoms with Crippen molar-refractivity contribution in [3.63, 3.8) is 0 Å². The van der Waals surface area contributed by atoms with Gasteiger partial charge in [0.25, 0.3) is 0 Å². The molecule has 1 aromatic carbocycles. The maximum atomic E-state index is 9.12. The fourth-order valence-electron chi connectivity index (χ4n) is 2.33. The Morgan fingerprint density at radius 2 is 1.87 bits per heavy atom. The molecule has 0 amide bonds. The molecule has 3 rings (SSSR count). The number of anilines is 1. The van der Waals surface area contributed by atoms with Crippen molar-refractivity contribution in [2.24, 2.45) is 0 Å². The van der Waals surface area contributed by atoms with Crippen molar-refractivity contribution < 1.29 is 5.11 Å². The third kappa shape index (κ3) is 4.12. The number of aliphatic hydroxyl groups excluding tert-OH is 1. The maximum Gasteiger partial charge on any atom is 0.206 e. The molecule has 0 fully saturated rings. The van der Waals surface area contributed by atoms with Gasteiger partial charge in [0.15, 0.2) is 5.01 Å². The predicted octanol–water partition coefficient (Wildman–Crippen LogP) is 3.53. The normalized spacial score (nSPS) is 12.0. The first-order valence-corrected chi connectivity index (χ1v) is 8.35. The van der Waals surface area contributed by atoms with E-state index in [1.54, 1.807) is 6.20 Å². The highest BCUT2D eigenvalue weighted by Gasteiger charge is 2.14. The van der Waals surface area contributed by atoms with Crippen molar-refractivity contribution in [3.05, 3.63) is 60.3 Å². The quantitative estimate of drug-likeness (QED) is 0.695. The van der Waals surface area contributed by atoms with Gasteiger partial charge in [0.2, 0.25) is 5.13 Å². The average molecular weight is 326 g/mol. The molecule has 2 N–H and O–H groups in total. The monoisotopic (exact) mass is 326 g/mol. The van der Waals surface area contributed by atoms with Crippen LogP contribution >= 0.6 is 11.3 Å². The van der Waals surface area contributed by atoms with E-state index in [0.717, 1.165) is 28.7 Å². The third-order valence-electron chi connectivity index (χ3n) is 3.46. The number of nitrogens with zero attached hydrogens (tertiary/aromatic N) is 3. The Balaban J connectivity index is 1.76. The Bertz CT molecular complexity index is 718. The molecule has 0 saturated carbocycles. The molecule has 2 aromatic heterocycles. The van der Waals surface area contributed by atoms with Gasteiger partial charge in [-0.15, -0.1) is 10.2 Å². The zero-order valence-corrected chi connectivity index (χ0v) is 13.4. The minimum atomic E-state index is 0.105. The van der Waals surface area contributed by atoms with Gasteiger partial charge in [0, 0.05) is 12.8 Å². The lowest BCUT2D eigenvalue weighted by Crippen LogP contribution is -2.11. The summed E-state index contributed by atoms with van der Waals surface area (Å²) in [6, 6.07) is 16.0. The second kappa shape index (κ2) is 7.80. The number of hydrogen-bond acceptors (Lipinski definition) is 6. The van der Waals surface area contributed by atoms with E-state index in [0.29, 0.717) is 0 Å². The van der Waals surface area contributed by atoms with Gasteiger partial charge in [-0.25, -0.2) is 0 Å². The summed E-state index contributed by atoms with van der Waals surface area (Å²) >= 11 is 1.48. The van der Waals surface area contributed by atoms with Crippen LogP contribution in [0.1, 0.15) is 24.4 Å². The topological polar surface area (TPSA) is 70.9 Å². The summed E-state index contributed by atoms with van der Waals surface area (Å²) in [6.45, 7) is 0.181. The second-order valence-corrected chi connectivity index (χ2v) is 6.08. The molecule has 0 aliphatic carbocycles. The summed E-state index contributed by atoms with van der Waals surface area (Å²) in [6.07, 6.45) is 3.31. The summed E-state index contributed by atoms with van der Waals surface area (Å²) in [5, 5.41) is 22.5. The van der Waals surface area contributed by atoms with Crippen LogP contribution < -0.4 is 5.32 Å². The second-order valence-electron chi connectivity index (χ2n) is 5.10. The van der Waals surface area contributed by atoms with Gasteiger partial charge in [-0.05, 0) is 30.5 Å². The van der Waals surface area contributed by atoms with Crippen molar-refractivity contribution in [2.75, 3.05) is 11.9 Å². The van der Waals surface area contributed by atoms with Gasteiger partial charge >= 0.3 is 0 Å². The van der Waals surface area contributed by atoms with Crippen molar-refractivity contribution in [2.45, 2.75) is 18.9 Å². The summed E-state index contributed by atoms with van der Waals surface area (Å²) in [7, 11) is 0. The first kappa shape index (κ1) is 15.6. The van der Waals surface area contributed by atoms with E-state index in [4.69, 9.17) is 5.11 Å². The fourth-order valence-corrected chi connectivity index (χ4v) is 3.10. The van der Waals surface area contributed by atoms with Gasteiger partial charge in [-0.1, -0.05) is 47.7 Å². The number of rotatable bonds is 7. The Morgan fingerprint density at radius 1 is 1.04 bits per heavy atom. The molecule has 2 heterocycles. The number of aliphatic hydroxyl groups is 1. The summed E-state index contributed by atoms with van der Waals surface area (Å²) < 4.78 is 0. The van der Waals surface area contributed by atoms with Crippen LogP contribution in [0.2, 0.25) is 0 Å². The molecular weight excluding hydrogens is 308 g/mol. The Labute approximate surface area is 139 Å². The lowest BCUT2D eigenvalue weighted by atomic mass is 10.0. The Kier molecular flexibility index (Phi) is 5.29. The Hall–Kier alpha value is -2.31. The molecular formula is C17H18N4OS. The smallest absolute Gasteiger partial charge is 0.206 e. The number of hydrogen-bond donors (Lipinski definition) is 2. The first-order valence-electron chi connectivity index (χ1n) is 7.54. The summed E-state index contributed by atoms with van der Waals surface area (Å²) in [5.74, 6) is 0. The largest absolute Gasteiger partial charge is 0.396 e. The molecule has 118 valence electrons. The van der Waals surface area contributed by atoms with Gasteiger partial charge in [-0.3, -0.25) is 4.98 Å². The van der Waals surface area contributed by atoms with Crippen molar-refractivity contribution in [3.8, 4) is 10.7 Å². The summed E-state index contributed by atoms with van der Waals surface area (Å²) in [4.78, 5) is 4.30. The SMILES string of the molecule is OCCCC(Nc1nnc(-c2ccccn2)s1)c1ccccc1. The number of aromatic nitrogens is 3. The van der Waals surface area contributed by atoms with E-state index in [1.165, 1.54) is 16.9 Å². The van der Waals surface area contributed by atoms with Crippen LogP contribution in [0, 0.1) is 0 Å². The zero-order valence-electron chi connectivity index (χ0n) is 12.6. The van der Waals surface area contributed by atoms with Gasteiger partial charge < -0.3 is 10.4 Å². The first-order chi connectivity index (χ1) is 11.4. The van der Waals surface area contributed by atoms with Crippen LogP contribution in [0.25, 0.3) is 10.7 Å². The molecule has 1 atom stereocenters. The summed E-state index contributed by atoms with van der Waals surface area (Å²) in [5.41, 5.74) is 2.00. The average Bonchev–Trinajstić information content (AvgIpc) is 3.09. The molecule has 5 nitrogen and oxygen atoms in total. The van der Waals surface area contributed by atoms with Gasteiger partial charge in [0.1, 0.15) is 5.69 Å². The molecule has 0 aliphatic rings. The van der Waals surface area contributed by atoms with Crippen LogP contribution in [0.3, 0.4) is 0 Å². The third-order valence-corrected chi connectivity index (χ3v) is 4.34. The lowest BCUT2D eigenvalue weighted by Gasteiger charge is -2.17. The number of benzene rings is 1. The molecule has 3 aromatic rings. The van der Waals surface area contributed by atoms with Crippen molar-refractivity contribution in [1.82, 2.24) is 15.2 Å². The Morgan fingerprint density at radius 3 is 2.61 bits per heavy atom. The van der Waals surface area contributed by atoms with Gasteiger partial charge in [0.05, 0.1) is 6.04 Å². The molecule has 0 saturated heterocycles. The standard InChI is InChI=1S/C17H18N4OS/c22-12-6-10-14(13-7-2-1-3-8-13)19-17-21-20-16(23-17)15-9-4-5-11-18-15/h1-5,7-9,11,14,22H,6,10,12H2,(H,19,21). The maximum absolute atomic E-state index is 9.12. The number of nitrogens with one attached hydrogen (secondary N) is 1. The predicted molar refractivity (Wildman–Crippen MR) is 92.3 cm³/mol. The lowest BCUT2D eigenvalue weighted by molar-refractivity contribution is 0.281. The molecule has 1 unspecified atom stereocenters. The minimum Gasteiger partial charge on any atom is -0.396 e. The number of pyridine rings is 1. The van der Waals surface area contributed by atoms with Crippen LogP contribution in [0.4, 0.5) is 5.13 Å².